The van der Waals surface area contributed by atoms with E-state index >= 15 is 0 Å². The first-order valence-electron chi connectivity index (χ1n) is 5.30. The number of primary sulfonamides is 1. The zero-order valence-electron chi connectivity index (χ0n) is 9.71. The summed E-state index contributed by atoms with van der Waals surface area (Å²) in [6, 6.07) is 6.51. The molecule has 0 saturated heterocycles. The number of anilines is 1. The maximum Gasteiger partial charge on any atom is 0.238 e. The number of rotatable bonds is 5. The Labute approximate surface area is 123 Å². The first-order valence-corrected chi connectivity index (χ1v) is 8.45. The van der Waals surface area contributed by atoms with Crippen molar-refractivity contribution in [1.29, 1.82) is 0 Å². The highest BCUT2D eigenvalue weighted by molar-refractivity contribution is 9.11. The molecule has 0 saturated carbocycles. The van der Waals surface area contributed by atoms with Gasteiger partial charge in [0.2, 0.25) is 15.2 Å². The number of benzene rings is 1. The Balaban J connectivity index is 1.90. The van der Waals surface area contributed by atoms with Crippen LogP contribution in [0, 0.1) is 0 Å². The molecular weight excluding hydrogens is 352 g/mol. The molecule has 0 fully saturated rings. The Morgan fingerprint density at radius 3 is 2.47 bits per heavy atom. The molecule has 1 heterocycles. The molecule has 3 N–H and O–H groups in total. The van der Waals surface area contributed by atoms with E-state index in [0.717, 1.165) is 21.0 Å². The summed E-state index contributed by atoms with van der Waals surface area (Å²) in [4.78, 5) is 0.122. The summed E-state index contributed by atoms with van der Waals surface area (Å²) >= 11 is 4.65. The van der Waals surface area contributed by atoms with Crippen LogP contribution in [0.5, 0.6) is 0 Å². The molecular formula is C10H11BrN4O2S2. The van der Waals surface area contributed by atoms with Gasteiger partial charge in [0.15, 0.2) is 3.92 Å². The monoisotopic (exact) mass is 362 g/mol. The highest BCUT2D eigenvalue weighted by atomic mass is 79.9. The molecule has 0 bridgehead atoms. The third-order valence-corrected chi connectivity index (χ3v) is 4.58. The molecule has 2 aromatic rings. The maximum atomic E-state index is 11.1. The second-order valence-electron chi connectivity index (χ2n) is 3.73. The standard InChI is InChI=1S/C10H11BrN4O2S2/c11-9-14-15-10(18-9)13-6-5-7-1-3-8(4-2-7)19(12,16)17/h1-4H,5-6H2,(H,13,15)(H2,12,16,17). The van der Waals surface area contributed by atoms with Crippen LogP contribution in [-0.4, -0.2) is 25.2 Å². The third-order valence-electron chi connectivity index (χ3n) is 2.34. The lowest BCUT2D eigenvalue weighted by Crippen LogP contribution is -2.12. The first-order chi connectivity index (χ1) is 8.95. The van der Waals surface area contributed by atoms with Crippen molar-refractivity contribution >= 4 is 42.4 Å². The Hall–Kier alpha value is -1.03. The van der Waals surface area contributed by atoms with Gasteiger partial charge >= 0.3 is 0 Å². The molecule has 0 aliphatic carbocycles. The van der Waals surface area contributed by atoms with Crippen molar-refractivity contribution < 1.29 is 8.42 Å². The number of halogens is 1. The molecule has 0 unspecified atom stereocenters. The molecule has 0 spiro atoms. The predicted molar refractivity (Wildman–Crippen MR) is 77.6 cm³/mol. The Bertz CT molecular complexity index is 654. The molecule has 2 rings (SSSR count). The molecule has 19 heavy (non-hydrogen) atoms. The molecule has 102 valence electrons. The lowest BCUT2D eigenvalue weighted by Gasteiger charge is -2.03. The average molecular weight is 363 g/mol. The molecule has 6 nitrogen and oxygen atoms in total. The van der Waals surface area contributed by atoms with E-state index in [-0.39, 0.29) is 4.90 Å². The van der Waals surface area contributed by atoms with E-state index in [4.69, 9.17) is 5.14 Å². The van der Waals surface area contributed by atoms with Gasteiger partial charge in [0.05, 0.1) is 4.90 Å². The number of aromatic nitrogens is 2. The molecule has 1 aromatic carbocycles. The van der Waals surface area contributed by atoms with Gasteiger partial charge in [0.1, 0.15) is 0 Å². The maximum absolute atomic E-state index is 11.1. The lowest BCUT2D eigenvalue weighted by molar-refractivity contribution is 0.598. The molecule has 1 aromatic heterocycles. The van der Waals surface area contributed by atoms with Crippen molar-refractivity contribution in [1.82, 2.24) is 10.2 Å². The van der Waals surface area contributed by atoms with Gasteiger partial charge in [-0.1, -0.05) is 23.5 Å². The van der Waals surface area contributed by atoms with Crippen LogP contribution in [0.15, 0.2) is 33.1 Å². The second-order valence-corrected chi connectivity index (χ2v) is 7.54. The molecule has 9 heteroatoms. The zero-order valence-corrected chi connectivity index (χ0v) is 12.9. The van der Waals surface area contributed by atoms with E-state index < -0.39 is 10.0 Å². The van der Waals surface area contributed by atoms with E-state index in [9.17, 15) is 8.42 Å². The van der Waals surface area contributed by atoms with Crippen LogP contribution in [0.1, 0.15) is 5.56 Å². The lowest BCUT2D eigenvalue weighted by atomic mass is 10.1. The van der Waals surface area contributed by atoms with E-state index in [1.54, 1.807) is 12.1 Å². The van der Waals surface area contributed by atoms with Gasteiger partial charge in [-0.05, 0) is 40.0 Å². The summed E-state index contributed by atoms with van der Waals surface area (Å²) in [5.41, 5.74) is 1.02. The molecule has 0 amide bonds. The summed E-state index contributed by atoms with van der Waals surface area (Å²) < 4.78 is 22.9. The fourth-order valence-electron chi connectivity index (χ4n) is 1.44. The largest absolute Gasteiger partial charge is 0.360 e. The van der Waals surface area contributed by atoms with E-state index in [1.807, 2.05) is 0 Å². The summed E-state index contributed by atoms with van der Waals surface area (Å²) in [5.74, 6) is 0. The zero-order chi connectivity index (χ0) is 13.9. The minimum atomic E-state index is -3.62. The fraction of sp³-hybridized carbons (Fsp3) is 0.200. The summed E-state index contributed by atoms with van der Waals surface area (Å²) in [5, 5.41) is 16.6. The number of nitrogens with zero attached hydrogens (tertiary/aromatic N) is 2. The number of hydrogen-bond acceptors (Lipinski definition) is 6. The van der Waals surface area contributed by atoms with Crippen LogP contribution in [0.3, 0.4) is 0 Å². The average Bonchev–Trinajstić information content (AvgIpc) is 2.75. The molecule has 0 aliphatic heterocycles. The van der Waals surface area contributed by atoms with E-state index in [1.165, 1.54) is 23.5 Å². The van der Waals surface area contributed by atoms with Crippen LogP contribution in [0.2, 0.25) is 0 Å². The molecule has 0 atom stereocenters. The van der Waals surface area contributed by atoms with Gasteiger partial charge in [-0.25, -0.2) is 13.6 Å². The summed E-state index contributed by atoms with van der Waals surface area (Å²) in [6.45, 7) is 0.691. The smallest absolute Gasteiger partial charge is 0.238 e. The van der Waals surface area contributed by atoms with Crippen LogP contribution in [0.25, 0.3) is 0 Å². The Morgan fingerprint density at radius 1 is 1.26 bits per heavy atom. The Kier molecular flexibility index (Phi) is 4.50. The normalized spacial score (nSPS) is 11.5. The van der Waals surface area contributed by atoms with Gasteiger partial charge in [0.25, 0.3) is 0 Å². The third kappa shape index (κ3) is 4.23. The second kappa shape index (κ2) is 5.95. The summed E-state index contributed by atoms with van der Waals surface area (Å²) in [6.07, 6.45) is 0.752. The van der Waals surface area contributed by atoms with Gasteiger partial charge in [-0.2, -0.15) is 0 Å². The van der Waals surface area contributed by atoms with Gasteiger partial charge in [-0.15, -0.1) is 10.2 Å². The minimum Gasteiger partial charge on any atom is -0.360 e. The summed E-state index contributed by atoms with van der Waals surface area (Å²) in [7, 11) is -3.62. The highest BCUT2D eigenvalue weighted by Gasteiger charge is 2.06. The number of hydrogen-bond donors (Lipinski definition) is 2. The van der Waals surface area contributed by atoms with Crippen molar-refractivity contribution in [2.75, 3.05) is 11.9 Å². The van der Waals surface area contributed by atoms with Gasteiger partial charge < -0.3 is 5.32 Å². The Morgan fingerprint density at radius 2 is 1.95 bits per heavy atom. The van der Waals surface area contributed by atoms with E-state index in [2.05, 4.69) is 31.4 Å². The fourth-order valence-corrected chi connectivity index (χ4v) is 2.99. The van der Waals surface area contributed by atoms with Crippen molar-refractivity contribution in [2.45, 2.75) is 11.3 Å². The molecule has 0 aliphatic rings. The van der Waals surface area contributed by atoms with Crippen LogP contribution < -0.4 is 10.5 Å². The van der Waals surface area contributed by atoms with Gasteiger partial charge in [-0.3, -0.25) is 0 Å². The number of nitrogens with two attached hydrogens (primary N) is 1. The van der Waals surface area contributed by atoms with Crippen molar-refractivity contribution in [3.63, 3.8) is 0 Å². The van der Waals surface area contributed by atoms with Crippen molar-refractivity contribution in [2.24, 2.45) is 5.14 Å². The van der Waals surface area contributed by atoms with Crippen LogP contribution in [0.4, 0.5) is 5.13 Å². The van der Waals surface area contributed by atoms with Crippen molar-refractivity contribution in [3.05, 3.63) is 33.7 Å². The number of sulfonamides is 1. The highest BCUT2D eigenvalue weighted by Crippen LogP contribution is 2.19. The van der Waals surface area contributed by atoms with E-state index in [0.29, 0.717) is 6.54 Å². The minimum absolute atomic E-state index is 0.122. The number of nitrogens with one attached hydrogen (secondary N) is 1. The van der Waals surface area contributed by atoms with Crippen LogP contribution in [-0.2, 0) is 16.4 Å². The first kappa shape index (κ1) is 14.4. The topological polar surface area (TPSA) is 98.0 Å². The van der Waals surface area contributed by atoms with Crippen LogP contribution >= 0.6 is 27.3 Å². The van der Waals surface area contributed by atoms with Gasteiger partial charge in [0, 0.05) is 6.54 Å². The SMILES string of the molecule is NS(=O)(=O)c1ccc(CCNc2nnc(Br)s2)cc1. The predicted octanol–water partition coefficient (Wildman–Crippen LogP) is 1.60. The molecule has 0 radical (unpaired) electrons. The quantitative estimate of drug-likeness (QED) is 0.841. The van der Waals surface area contributed by atoms with Crippen molar-refractivity contribution in [3.8, 4) is 0 Å².